The predicted molar refractivity (Wildman–Crippen MR) is 83.3 cm³/mol. The molecule has 1 aromatic rings. The molecule has 0 saturated heterocycles. The minimum Gasteiger partial charge on any atom is -0.493 e. The first kappa shape index (κ1) is 15.0. The van der Waals surface area contributed by atoms with E-state index >= 15 is 0 Å². The van der Waals surface area contributed by atoms with Gasteiger partial charge in [-0.2, -0.15) is 0 Å². The van der Waals surface area contributed by atoms with E-state index in [9.17, 15) is 0 Å². The fourth-order valence-corrected chi connectivity index (χ4v) is 2.94. The zero-order valence-corrected chi connectivity index (χ0v) is 12.7. The average molecular weight is 277 g/mol. The van der Waals surface area contributed by atoms with Gasteiger partial charge in [-0.3, -0.25) is 0 Å². The number of benzene rings is 1. The Morgan fingerprint density at radius 3 is 2.60 bits per heavy atom. The maximum atomic E-state index is 6.20. The summed E-state index contributed by atoms with van der Waals surface area (Å²) in [5.41, 5.74) is 6.65. The molecule has 1 fully saturated rings. The monoisotopic (exact) mass is 277 g/mol. The van der Waals surface area contributed by atoms with Crippen LogP contribution < -0.4 is 15.2 Å². The maximum absolute atomic E-state index is 6.20. The molecule has 1 aliphatic carbocycles. The van der Waals surface area contributed by atoms with Gasteiger partial charge in [-0.1, -0.05) is 20.3 Å². The molecule has 1 saturated carbocycles. The second-order valence-corrected chi connectivity index (χ2v) is 5.70. The molecule has 1 aromatic carbocycles. The molecule has 0 amide bonds. The molecule has 3 heteroatoms. The van der Waals surface area contributed by atoms with Crippen LogP contribution in [0.15, 0.2) is 18.2 Å². The normalized spacial score (nSPS) is 22.5. The highest BCUT2D eigenvalue weighted by molar-refractivity contribution is 5.50. The van der Waals surface area contributed by atoms with Crippen molar-refractivity contribution in [1.29, 1.82) is 0 Å². The third kappa shape index (κ3) is 4.06. The van der Waals surface area contributed by atoms with Gasteiger partial charge in [0.05, 0.1) is 6.61 Å². The van der Waals surface area contributed by atoms with Crippen LogP contribution >= 0.6 is 0 Å². The molecule has 0 radical (unpaired) electrons. The fourth-order valence-electron chi connectivity index (χ4n) is 2.94. The molecular formula is C17H27NO2. The summed E-state index contributed by atoms with van der Waals surface area (Å²) < 4.78 is 11.9. The van der Waals surface area contributed by atoms with Gasteiger partial charge in [0.1, 0.15) is 17.6 Å². The van der Waals surface area contributed by atoms with E-state index < -0.39 is 0 Å². The summed E-state index contributed by atoms with van der Waals surface area (Å²) in [6, 6.07) is 5.73. The van der Waals surface area contributed by atoms with Gasteiger partial charge in [0, 0.05) is 23.9 Å². The Balaban J connectivity index is 2.05. The van der Waals surface area contributed by atoms with Crippen molar-refractivity contribution in [2.45, 2.75) is 58.5 Å². The first-order chi connectivity index (χ1) is 9.72. The highest BCUT2D eigenvalue weighted by atomic mass is 16.5. The number of anilines is 1. The van der Waals surface area contributed by atoms with E-state index in [1.165, 1.54) is 25.7 Å². The molecule has 20 heavy (non-hydrogen) atoms. The van der Waals surface area contributed by atoms with Crippen LogP contribution in [-0.4, -0.2) is 12.7 Å². The quantitative estimate of drug-likeness (QED) is 0.783. The molecule has 2 N–H and O–H groups in total. The van der Waals surface area contributed by atoms with Crippen molar-refractivity contribution in [2.24, 2.45) is 5.92 Å². The molecule has 2 atom stereocenters. The highest BCUT2D eigenvalue weighted by Gasteiger charge is 2.25. The first-order valence-corrected chi connectivity index (χ1v) is 7.93. The fraction of sp³-hybridized carbons (Fsp3) is 0.647. The van der Waals surface area contributed by atoms with Crippen molar-refractivity contribution in [3.63, 3.8) is 0 Å². The summed E-state index contributed by atoms with van der Waals surface area (Å²) in [5.74, 6) is 2.33. The van der Waals surface area contributed by atoms with Crippen LogP contribution in [0.5, 0.6) is 11.5 Å². The minimum absolute atomic E-state index is 0.328. The molecular weight excluding hydrogens is 250 g/mol. The molecule has 2 unspecified atom stereocenters. The molecule has 1 aliphatic rings. The van der Waals surface area contributed by atoms with Gasteiger partial charge >= 0.3 is 0 Å². The summed E-state index contributed by atoms with van der Waals surface area (Å²) in [6.45, 7) is 5.06. The first-order valence-electron chi connectivity index (χ1n) is 7.93. The number of rotatable bonds is 6. The van der Waals surface area contributed by atoms with Crippen molar-refractivity contribution in [3.8, 4) is 11.5 Å². The third-order valence-electron chi connectivity index (χ3n) is 4.03. The zero-order valence-electron chi connectivity index (χ0n) is 12.7. The van der Waals surface area contributed by atoms with Gasteiger partial charge in [0.15, 0.2) is 0 Å². The van der Waals surface area contributed by atoms with Crippen LogP contribution in [-0.2, 0) is 0 Å². The van der Waals surface area contributed by atoms with Crippen LogP contribution in [0.4, 0.5) is 5.69 Å². The van der Waals surface area contributed by atoms with Crippen molar-refractivity contribution in [1.82, 2.24) is 0 Å². The molecule has 0 aliphatic heterocycles. The standard InChI is InChI=1S/C17H27NO2/c1-3-9-19-15-10-14(18)11-16(12-15)20-17-8-6-5-7-13(17)4-2/h10-13,17H,3-9,18H2,1-2H3. The molecule has 0 aromatic heterocycles. The van der Waals surface area contributed by atoms with Crippen LogP contribution in [0, 0.1) is 5.92 Å². The Morgan fingerprint density at radius 2 is 1.85 bits per heavy atom. The molecule has 0 bridgehead atoms. The largest absolute Gasteiger partial charge is 0.493 e. The predicted octanol–water partition coefficient (Wildman–Crippen LogP) is 4.41. The minimum atomic E-state index is 0.328. The van der Waals surface area contributed by atoms with Gasteiger partial charge in [-0.25, -0.2) is 0 Å². The van der Waals surface area contributed by atoms with Gasteiger partial charge in [0.25, 0.3) is 0 Å². The smallest absolute Gasteiger partial charge is 0.125 e. The maximum Gasteiger partial charge on any atom is 0.125 e. The Bertz CT molecular complexity index is 419. The van der Waals surface area contributed by atoms with Crippen LogP contribution in [0.1, 0.15) is 52.4 Å². The summed E-state index contributed by atoms with van der Waals surface area (Å²) in [7, 11) is 0. The van der Waals surface area contributed by atoms with Crippen LogP contribution in [0.25, 0.3) is 0 Å². The van der Waals surface area contributed by atoms with Gasteiger partial charge < -0.3 is 15.2 Å². The van der Waals surface area contributed by atoms with Gasteiger partial charge in [0.2, 0.25) is 0 Å². The van der Waals surface area contributed by atoms with E-state index in [1.807, 2.05) is 18.2 Å². The highest BCUT2D eigenvalue weighted by Crippen LogP contribution is 2.32. The lowest BCUT2D eigenvalue weighted by atomic mass is 9.85. The molecule has 0 spiro atoms. The molecule has 112 valence electrons. The zero-order chi connectivity index (χ0) is 14.4. The average Bonchev–Trinajstić information content (AvgIpc) is 2.45. The van der Waals surface area contributed by atoms with Crippen molar-refractivity contribution in [3.05, 3.63) is 18.2 Å². The molecule has 2 rings (SSSR count). The number of nitrogens with two attached hydrogens (primary N) is 1. The lowest BCUT2D eigenvalue weighted by Crippen LogP contribution is -2.29. The number of ether oxygens (including phenoxy) is 2. The number of hydrogen-bond acceptors (Lipinski definition) is 3. The topological polar surface area (TPSA) is 44.5 Å². The van der Waals surface area contributed by atoms with Gasteiger partial charge in [-0.15, -0.1) is 0 Å². The van der Waals surface area contributed by atoms with E-state index in [2.05, 4.69) is 13.8 Å². The Kier molecular flexibility index (Phi) is 5.57. The van der Waals surface area contributed by atoms with E-state index in [0.29, 0.717) is 24.3 Å². The number of nitrogen functional groups attached to an aromatic ring is 1. The third-order valence-corrected chi connectivity index (χ3v) is 4.03. The van der Waals surface area contributed by atoms with Crippen molar-refractivity contribution >= 4 is 5.69 Å². The van der Waals surface area contributed by atoms with E-state index in [-0.39, 0.29) is 0 Å². The SMILES string of the molecule is CCCOc1cc(N)cc(OC2CCCCC2CC)c1. The molecule has 3 nitrogen and oxygen atoms in total. The summed E-state index contributed by atoms with van der Waals surface area (Å²) in [4.78, 5) is 0. The second-order valence-electron chi connectivity index (χ2n) is 5.70. The van der Waals surface area contributed by atoms with E-state index in [1.54, 1.807) is 0 Å². The lowest BCUT2D eigenvalue weighted by molar-refractivity contribution is 0.0901. The summed E-state index contributed by atoms with van der Waals surface area (Å²) in [5, 5.41) is 0. The van der Waals surface area contributed by atoms with E-state index in [0.717, 1.165) is 24.3 Å². The lowest BCUT2D eigenvalue weighted by Gasteiger charge is -2.31. The van der Waals surface area contributed by atoms with E-state index in [4.69, 9.17) is 15.2 Å². The van der Waals surface area contributed by atoms with Crippen molar-refractivity contribution in [2.75, 3.05) is 12.3 Å². The van der Waals surface area contributed by atoms with Crippen molar-refractivity contribution < 1.29 is 9.47 Å². The second kappa shape index (κ2) is 7.41. The van der Waals surface area contributed by atoms with Gasteiger partial charge in [-0.05, 0) is 38.0 Å². The molecule has 0 heterocycles. The Morgan fingerprint density at radius 1 is 1.10 bits per heavy atom. The summed E-state index contributed by atoms with van der Waals surface area (Å²) >= 11 is 0. The van der Waals surface area contributed by atoms with Crippen LogP contribution in [0.2, 0.25) is 0 Å². The number of hydrogen-bond donors (Lipinski definition) is 1. The Hall–Kier alpha value is -1.38. The van der Waals surface area contributed by atoms with Crippen LogP contribution in [0.3, 0.4) is 0 Å². The summed E-state index contributed by atoms with van der Waals surface area (Å²) in [6.07, 6.45) is 7.54. The Labute approximate surface area is 122 Å².